The van der Waals surface area contributed by atoms with Crippen LogP contribution in [0.1, 0.15) is 45.6 Å². The average Bonchev–Trinajstić information content (AvgIpc) is 2.57. The molecule has 17 heavy (non-hydrogen) atoms. The van der Waals surface area contributed by atoms with Crippen LogP contribution in [0.5, 0.6) is 0 Å². The van der Waals surface area contributed by atoms with Crippen LogP contribution in [0.3, 0.4) is 0 Å². The molecule has 1 aromatic heterocycles. The lowest BCUT2D eigenvalue weighted by Gasteiger charge is -2.19. The van der Waals surface area contributed by atoms with Gasteiger partial charge in [0, 0.05) is 16.5 Å². The number of hydrogen-bond acceptors (Lipinski definition) is 2. The van der Waals surface area contributed by atoms with Crippen LogP contribution in [-0.2, 0) is 11.8 Å². The molecule has 1 heterocycles. The van der Waals surface area contributed by atoms with Gasteiger partial charge in [-0.15, -0.1) is 0 Å². The van der Waals surface area contributed by atoms with Gasteiger partial charge < -0.3 is 4.42 Å². The lowest BCUT2D eigenvalue weighted by molar-refractivity contribution is 0.508. The Morgan fingerprint density at radius 2 is 2.00 bits per heavy atom. The van der Waals surface area contributed by atoms with Gasteiger partial charge in [0.2, 0.25) is 0 Å². The summed E-state index contributed by atoms with van der Waals surface area (Å²) in [4.78, 5) is 4.54. The zero-order valence-corrected chi connectivity index (χ0v) is 12.4. The fourth-order valence-electron chi connectivity index (χ4n) is 1.92. The summed E-state index contributed by atoms with van der Waals surface area (Å²) in [5.74, 6) is 0.839. The number of rotatable bonds is 2. The van der Waals surface area contributed by atoms with Crippen molar-refractivity contribution in [1.82, 2.24) is 4.98 Å². The predicted octanol–water partition coefficient (Wildman–Crippen LogP) is 4.84. The molecule has 3 heteroatoms. The second kappa shape index (κ2) is 4.45. The number of aryl methyl sites for hydroxylation is 1. The molecule has 92 valence electrons. The zero-order chi connectivity index (χ0) is 12.6. The Balaban J connectivity index is 2.66. The van der Waals surface area contributed by atoms with E-state index in [-0.39, 0.29) is 5.41 Å². The van der Waals surface area contributed by atoms with Gasteiger partial charge in [-0.2, -0.15) is 0 Å². The maximum absolute atomic E-state index is 5.89. The third kappa shape index (κ3) is 2.54. The number of halogens is 1. The van der Waals surface area contributed by atoms with Crippen LogP contribution < -0.4 is 0 Å². The quantitative estimate of drug-likeness (QED) is 0.792. The highest BCUT2D eigenvalue weighted by atomic mass is 79.9. The largest absolute Gasteiger partial charge is 0.440 e. The number of aromatic nitrogens is 1. The first-order valence-corrected chi connectivity index (χ1v) is 6.80. The molecule has 0 aliphatic rings. The highest BCUT2D eigenvalue weighted by molar-refractivity contribution is 9.10. The SMILES string of the molecule is CCCc1nc2cc(Br)cc(C(C)(C)C)c2o1. The van der Waals surface area contributed by atoms with E-state index in [0.29, 0.717) is 0 Å². The lowest BCUT2D eigenvalue weighted by Crippen LogP contribution is -2.11. The molecule has 0 atom stereocenters. The second-order valence-electron chi connectivity index (χ2n) is 5.41. The van der Waals surface area contributed by atoms with Gasteiger partial charge in [-0.3, -0.25) is 0 Å². The third-order valence-electron chi connectivity index (χ3n) is 2.77. The van der Waals surface area contributed by atoms with Gasteiger partial charge in [-0.25, -0.2) is 4.98 Å². The van der Waals surface area contributed by atoms with Crippen LogP contribution in [0.25, 0.3) is 11.1 Å². The Labute approximate surface area is 111 Å². The molecule has 0 amide bonds. The molecule has 0 radical (unpaired) electrons. The van der Waals surface area contributed by atoms with Gasteiger partial charge in [-0.05, 0) is 24.0 Å². The Kier molecular flexibility index (Phi) is 3.30. The minimum Gasteiger partial charge on any atom is -0.440 e. The molecule has 1 aromatic carbocycles. The van der Waals surface area contributed by atoms with Crippen LogP contribution in [0.4, 0.5) is 0 Å². The van der Waals surface area contributed by atoms with Gasteiger partial charge in [0.25, 0.3) is 0 Å². The molecule has 0 unspecified atom stereocenters. The number of oxazole rings is 1. The third-order valence-corrected chi connectivity index (χ3v) is 3.23. The summed E-state index contributed by atoms with van der Waals surface area (Å²) >= 11 is 3.54. The summed E-state index contributed by atoms with van der Waals surface area (Å²) in [6.07, 6.45) is 1.95. The Hall–Kier alpha value is -0.830. The summed E-state index contributed by atoms with van der Waals surface area (Å²) in [7, 11) is 0. The molecular weight excluding hydrogens is 278 g/mol. The highest BCUT2D eigenvalue weighted by Gasteiger charge is 2.21. The minimum absolute atomic E-state index is 0.0606. The predicted molar refractivity (Wildman–Crippen MR) is 74.4 cm³/mol. The Morgan fingerprint density at radius 3 is 2.59 bits per heavy atom. The number of hydrogen-bond donors (Lipinski definition) is 0. The fraction of sp³-hybridized carbons (Fsp3) is 0.500. The lowest BCUT2D eigenvalue weighted by atomic mass is 9.86. The first kappa shape index (κ1) is 12.6. The van der Waals surface area contributed by atoms with Crippen molar-refractivity contribution in [3.8, 4) is 0 Å². The van der Waals surface area contributed by atoms with Gasteiger partial charge in [0.1, 0.15) is 5.52 Å². The van der Waals surface area contributed by atoms with Gasteiger partial charge in [0.15, 0.2) is 11.5 Å². The summed E-state index contributed by atoms with van der Waals surface area (Å²) in [5, 5.41) is 0. The second-order valence-corrected chi connectivity index (χ2v) is 6.32. The highest BCUT2D eigenvalue weighted by Crippen LogP contribution is 2.33. The summed E-state index contributed by atoms with van der Waals surface area (Å²) in [6.45, 7) is 8.71. The molecule has 0 bridgehead atoms. The molecule has 0 aliphatic carbocycles. The maximum atomic E-state index is 5.89. The van der Waals surface area contributed by atoms with Crippen molar-refractivity contribution in [2.45, 2.75) is 46.0 Å². The molecule has 0 N–H and O–H groups in total. The normalized spacial score (nSPS) is 12.3. The zero-order valence-electron chi connectivity index (χ0n) is 10.8. The Bertz CT molecular complexity index is 537. The number of nitrogens with zero attached hydrogens (tertiary/aromatic N) is 1. The Morgan fingerprint density at radius 1 is 1.29 bits per heavy atom. The van der Waals surface area contributed by atoms with Gasteiger partial charge >= 0.3 is 0 Å². The molecule has 0 aliphatic heterocycles. The van der Waals surface area contributed by atoms with Crippen molar-refractivity contribution in [3.63, 3.8) is 0 Å². The van der Waals surface area contributed by atoms with Crippen molar-refractivity contribution < 1.29 is 4.42 Å². The van der Waals surface area contributed by atoms with E-state index in [1.807, 2.05) is 6.07 Å². The van der Waals surface area contributed by atoms with Crippen LogP contribution in [0.2, 0.25) is 0 Å². The van der Waals surface area contributed by atoms with Crippen molar-refractivity contribution in [3.05, 3.63) is 28.1 Å². The molecule has 0 saturated carbocycles. The maximum Gasteiger partial charge on any atom is 0.195 e. The van der Waals surface area contributed by atoms with Gasteiger partial charge in [-0.1, -0.05) is 43.6 Å². The number of benzene rings is 1. The summed E-state index contributed by atoms with van der Waals surface area (Å²) in [5.41, 5.74) is 3.15. The van der Waals surface area contributed by atoms with E-state index in [1.54, 1.807) is 0 Å². The first-order valence-electron chi connectivity index (χ1n) is 6.01. The van der Waals surface area contributed by atoms with Crippen molar-refractivity contribution in [1.29, 1.82) is 0 Å². The van der Waals surface area contributed by atoms with Gasteiger partial charge in [0.05, 0.1) is 0 Å². The van der Waals surface area contributed by atoms with E-state index in [2.05, 4.69) is 54.7 Å². The molecule has 2 rings (SSSR count). The topological polar surface area (TPSA) is 26.0 Å². The van der Waals surface area contributed by atoms with E-state index < -0.39 is 0 Å². The standard InChI is InChI=1S/C14H18BrNO/c1-5-6-12-16-11-8-9(15)7-10(13(11)17-12)14(2,3)4/h7-8H,5-6H2,1-4H3. The first-order chi connectivity index (χ1) is 7.91. The minimum atomic E-state index is 0.0606. The number of fused-ring (bicyclic) bond motifs is 1. The summed E-state index contributed by atoms with van der Waals surface area (Å²) < 4.78 is 6.95. The molecule has 2 nitrogen and oxygen atoms in total. The van der Waals surface area contributed by atoms with E-state index >= 15 is 0 Å². The molecular formula is C14H18BrNO. The van der Waals surface area contributed by atoms with E-state index in [9.17, 15) is 0 Å². The van der Waals surface area contributed by atoms with Crippen molar-refractivity contribution in [2.75, 3.05) is 0 Å². The van der Waals surface area contributed by atoms with Crippen molar-refractivity contribution >= 4 is 27.0 Å². The van der Waals surface area contributed by atoms with E-state index in [1.165, 1.54) is 5.56 Å². The fourth-order valence-corrected chi connectivity index (χ4v) is 2.37. The van der Waals surface area contributed by atoms with Crippen LogP contribution in [0, 0.1) is 0 Å². The monoisotopic (exact) mass is 295 g/mol. The molecule has 0 spiro atoms. The van der Waals surface area contributed by atoms with Crippen molar-refractivity contribution in [2.24, 2.45) is 0 Å². The summed E-state index contributed by atoms with van der Waals surface area (Å²) in [6, 6.07) is 4.15. The molecule has 0 fully saturated rings. The van der Waals surface area contributed by atoms with E-state index in [4.69, 9.17) is 4.42 Å². The van der Waals surface area contributed by atoms with Crippen LogP contribution in [0.15, 0.2) is 21.0 Å². The van der Waals surface area contributed by atoms with E-state index in [0.717, 1.165) is 34.3 Å². The molecule has 0 saturated heterocycles. The van der Waals surface area contributed by atoms with Crippen LogP contribution in [-0.4, -0.2) is 4.98 Å². The molecule has 2 aromatic rings. The van der Waals surface area contributed by atoms with Crippen LogP contribution >= 0.6 is 15.9 Å². The smallest absolute Gasteiger partial charge is 0.195 e. The average molecular weight is 296 g/mol.